The van der Waals surface area contributed by atoms with Crippen LogP contribution in [-0.2, 0) is 14.8 Å². The van der Waals surface area contributed by atoms with Gasteiger partial charge in [0.05, 0.1) is 9.64 Å². The van der Waals surface area contributed by atoms with Gasteiger partial charge < -0.3 is 10.0 Å². The van der Waals surface area contributed by atoms with E-state index in [0.717, 1.165) is 0 Å². The number of hydrogen-bond donors (Lipinski definition) is 2. The number of benzene rings is 1. The highest BCUT2D eigenvalue weighted by molar-refractivity contribution is 7.99. The maximum absolute atomic E-state index is 12.9. The molecule has 1 aromatic rings. The molecule has 0 aromatic heterocycles. The van der Waals surface area contributed by atoms with Crippen molar-refractivity contribution in [2.75, 3.05) is 20.1 Å². The van der Waals surface area contributed by atoms with Gasteiger partial charge >= 0.3 is 5.97 Å². The number of nitrogens with zero attached hydrogens (tertiary/aromatic N) is 2. The number of sulfonamides is 1. The zero-order valence-corrected chi connectivity index (χ0v) is 16.3. The topological polar surface area (TPSA) is 116 Å². The second kappa shape index (κ2) is 8.03. The first-order valence-electron chi connectivity index (χ1n) is 8.25. The Morgan fingerprint density at radius 3 is 2.38 bits per heavy atom. The van der Waals surface area contributed by atoms with Crippen molar-refractivity contribution >= 4 is 27.9 Å². The molecule has 0 amide bonds. The van der Waals surface area contributed by atoms with Gasteiger partial charge in [0.15, 0.2) is 0 Å². The smallest absolute Gasteiger partial charge is 0.326 e. The zero-order chi connectivity index (χ0) is 19.4. The summed E-state index contributed by atoms with van der Waals surface area (Å²) in [6, 6.07) is 7.61. The summed E-state index contributed by atoms with van der Waals surface area (Å²) in [5.41, 5.74) is -1.85. The van der Waals surface area contributed by atoms with Crippen molar-refractivity contribution in [2.45, 2.75) is 41.4 Å². The molecule has 0 spiro atoms. The summed E-state index contributed by atoms with van der Waals surface area (Å²) in [7, 11) is -2.20. The van der Waals surface area contributed by atoms with E-state index >= 15 is 0 Å². The van der Waals surface area contributed by atoms with Gasteiger partial charge in [-0.15, -0.1) is 4.91 Å². The quantitative estimate of drug-likeness (QED) is 0.506. The molecule has 8 nitrogen and oxygen atoms in total. The van der Waals surface area contributed by atoms with E-state index in [1.807, 2.05) is 11.9 Å². The zero-order valence-electron chi connectivity index (χ0n) is 14.7. The van der Waals surface area contributed by atoms with Crippen molar-refractivity contribution in [3.8, 4) is 0 Å². The second-order valence-corrected chi connectivity index (χ2v) is 9.24. The fraction of sp³-hybridized carbons (Fsp3) is 0.562. The number of carboxylic acids is 1. The minimum Gasteiger partial charge on any atom is -0.480 e. The van der Waals surface area contributed by atoms with Gasteiger partial charge in [-0.05, 0) is 51.5 Å². The third-order valence-electron chi connectivity index (χ3n) is 5.04. The molecule has 1 aliphatic rings. The van der Waals surface area contributed by atoms with Crippen molar-refractivity contribution < 1.29 is 18.3 Å². The predicted octanol–water partition coefficient (Wildman–Crippen LogP) is 2.08. The summed E-state index contributed by atoms with van der Waals surface area (Å²) in [5, 5.41) is 10.0. The maximum Gasteiger partial charge on any atom is 0.326 e. The SMILES string of the molecule is CCC(NS(=O)(=O)c1ccccc1)(C(=O)O)C1(SN=O)CCN(C)CC1. The van der Waals surface area contributed by atoms with E-state index < -0.39 is 26.3 Å². The van der Waals surface area contributed by atoms with Gasteiger partial charge in [0.25, 0.3) is 0 Å². The van der Waals surface area contributed by atoms with E-state index in [0.29, 0.717) is 37.9 Å². The number of piperidine rings is 1. The van der Waals surface area contributed by atoms with Gasteiger partial charge in [-0.3, -0.25) is 4.79 Å². The summed E-state index contributed by atoms with van der Waals surface area (Å²) < 4.78 is 29.9. The van der Waals surface area contributed by atoms with Gasteiger partial charge in [0.2, 0.25) is 10.0 Å². The maximum atomic E-state index is 12.9. The molecule has 10 heteroatoms. The Balaban J connectivity index is 2.53. The lowest BCUT2D eigenvalue weighted by Gasteiger charge is -2.48. The Morgan fingerprint density at radius 1 is 1.35 bits per heavy atom. The Hall–Kier alpha value is -1.49. The Morgan fingerprint density at radius 2 is 1.92 bits per heavy atom. The van der Waals surface area contributed by atoms with Crippen LogP contribution in [0.5, 0.6) is 0 Å². The van der Waals surface area contributed by atoms with Crippen molar-refractivity contribution in [1.82, 2.24) is 9.62 Å². The number of carbonyl (C=O) groups is 1. The first kappa shape index (κ1) is 20.8. The van der Waals surface area contributed by atoms with Crippen LogP contribution in [0.3, 0.4) is 0 Å². The Kier molecular flexibility index (Phi) is 6.43. The highest BCUT2D eigenvalue weighted by Crippen LogP contribution is 2.47. The molecule has 0 bridgehead atoms. The van der Waals surface area contributed by atoms with Crippen molar-refractivity contribution in [3.05, 3.63) is 35.2 Å². The first-order chi connectivity index (χ1) is 12.2. The molecular weight excluding hydrogens is 378 g/mol. The summed E-state index contributed by atoms with van der Waals surface area (Å²) in [6.07, 6.45) is 0.648. The average molecular weight is 402 g/mol. The van der Waals surface area contributed by atoms with Gasteiger partial charge in [-0.25, -0.2) is 8.42 Å². The van der Waals surface area contributed by atoms with Crippen LogP contribution in [-0.4, -0.2) is 54.8 Å². The predicted molar refractivity (Wildman–Crippen MR) is 100 cm³/mol. The summed E-state index contributed by atoms with van der Waals surface area (Å²) in [4.78, 5) is 25.4. The molecule has 26 heavy (non-hydrogen) atoms. The standard InChI is InChI=1S/C16H23N3O5S2/c1-3-16(14(20)21,15(25-18-22)9-11-19(2)12-10-15)17-26(23,24)13-7-5-4-6-8-13/h4-8,17H,3,9-12H2,1-2H3,(H,20,21). The second-order valence-electron chi connectivity index (χ2n) is 6.45. The molecule has 2 rings (SSSR count). The minimum atomic E-state index is -4.10. The third-order valence-corrected chi connectivity index (χ3v) is 7.73. The number of nitrogens with one attached hydrogen (secondary N) is 1. The van der Waals surface area contributed by atoms with Crippen molar-refractivity contribution in [3.63, 3.8) is 0 Å². The van der Waals surface area contributed by atoms with Crippen LogP contribution in [0.2, 0.25) is 0 Å². The Bertz CT molecular complexity index is 748. The number of likely N-dealkylation sites (tertiary alicyclic amines) is 1. The number of rotatable bonds is 8. The van der Waals surface area contributed by atoms with Gasteiger partial charge in [-0.2, -0.15) is 4.72 Å². The van der Waals surface area contributed by atoms with Gasteiger partial charge in [0, 0.05) is 16.5 Å². The van der Waals surface area contributed by atoms with Crippen molar-refractivity contribution in [1.29, 1.82) is 0 Å². The van der Waals surface area contributed by atoms with Crippen LogP contribution in [0.4, 0.5) is 0 Å². The molecular formula is C16H23N3O5S2. The van der Waals surface area contributed by atoms with Crippen LogP contribution in [0, 0.1) is 4.91 Å². The molecule has 0 radical (unpaired) electrons. The number of nitroso groups, excluding NO2 is 1. The molecule has 1 aromatic carbocycles. The molecule has 1 atom stereocenters. The largest absolute Gasteiger partial charge is 0.480 e. The van der Waals surface area contributed by atoms with Crippen LogP contribution in [0.1, 0.15) is 26.2 Å². The molecule has 1 saturated heterocycles. The fourth-order valence-electron chi connectivity index (χ4n) is 3.41. The molecule has 1 heterocycles. The van der Waals surface area contributed by atoms with Crippen LogP contribution in [0.15, 0.2) is 39.8 Å². The van der Waals surface area contributed by atoms with Crippen molar-refractivity contribution in [2.24, 2.45) is 4.58 Å². The van der Waals surface area contributed by atoms with E-state index in [9.17, 15) is 23.2 Å². The van der Waals surface area contributed by atoms with E-state index in [2.05, 4.69) is 9.30 Å². The molecule has 1 unspecified atom stereocenters. The highest BCUT2D eigenvalue weighted by atomic mass is 32.2. The lowest BCUT2D eigenvalue weighted by molar-refractivity contribution is -0.146. The lowest BCUT2D eigenvalue weighted by atomic mass is 9.75. The van der Waals surface area contributed by atoms with E-state index in [1.54, 1.807) is 25.1 Å². The number of carboxylic acid groups (broad SMARTS) is 1. The molecule has 144 valence electrons. The van der Waals surface area contributed by atoms with E-state index in [4.69, 9.17) is 0 Å². The average Bonchev–Trinajstić information content (AvgIpc) is 2.62. The molecule has 2 N–H and O–H groups in total. The first-order valence-corrected chi connectivity index (χ1v) is 10.5. The van der Waals surface area contributed by atoms with Crippen LogP contribution < -0.4 is 4.72 Å². The number of hydrogen-bond acceptors (Lipinski definition) is 7. The molecule has 0 saturated carbocycles. The van der Waals surface area contributed by atoms with Crippen LogP contribution in [0.25, 0.3) is 0 Å². The highest BCUT2D eigenvalue weighted by Gasteiger charge is 2.59. The fourth-order valence-corrected chi connectivity index (χ4v) is 5.94. The van der Waals surface area contributed by atoms with Crippen LogP contribution >= 0.6 is 11.9 Å². The lowest BCUT2D eigenvalue weighted by Crippen LogP contribution is -2.69. The van der Waals surface area contributed by atoms with E-state index in [1.165, 1.54) is 12.1 Å². The summed E-state index contributed by atoms with van der Waals surface area (Å²) in [6.45, 7) is 2.70. The minimum absolute atomic E-state index is 0.0133. The molecule has 1 aliphatic heterocycles. The summed E-state index contributed by atoms with van der Waals surface area (Å²) in [5.74, 6) is -1.31. The molecule has 0 aliphatic carbocycles. The molecule has 1 fully saturated rings. The summed E-state index contributed by atoms with van der Waals surface area (Å²) >= 11 is 0.632. The normalized spacial score (nSPS) is 20.2. The van der Waals surface area contributed by atoms with Gasteiger partial charge in [0.1, 0.15) is 5.54 Å². The monoisotopic (exact) mass is 401 g/mol. The Labute approximate surface area is 157 Å². The third kappa shape index (κ3) is 3.78. The van der Waals surface area contributed by atoms with Gasteiger partial charge in [-0.1, -0.05) is 25.1 Å². The number of aliphatic carboxylic acids is 1. The van der Waals surface area contributed by atoms with E-state index in [-0.39, 0.29) is 11.3 Å².